The number of carbonyl (C=O) groups excluding carboxylic acids is 2. The summed E-state index contributed by atoms with van der Waals surface area (Å²) in [4.78, 5) is 37.2. The Balaban J connectivity index is 0.00000261. The van der Waals surface area contributed by atoms with Crippen molar-refractivity contribution in [2.24, 2.45) is 4.99 Å². The molecule has 2 aliphatic rings. The van der Waals surface area contributed by atoms with Crippen molar-refractivity contribution in [3.8, 4) is 0 Å². The third kappa shape index (κ3) is 5.53. The highest BCUT2D eigenvalue weighted by molar-refractivity contribution is 14.0. The Labute approximate surface area is 180 Å². The number of hydrogen-bond acceptors (Lipinski definition) is 5. The lowest BCUT2D eigenvalue weighted by molar-refractivity contribution is -0.124. The second-order valence-corrected chi connectivity index (χ2v) is 7.65. The molecule has 0 atom stereocenters. The van der Waals surface area contributed by atoms with Gasteiger partial charge in [0.2, 0.25) is 5.91 Å². The summed E-state index contributed by atoms with van der Waals surface area (Å²) >= 11 is 1.80. The number of fused-ring (bicyclic) bond motifs is 1. The van der Waals surface area contributed by atoms with Gasteiger partial charge in [0.1, 0.15) is 5.01 Å². The number of thiazole rings is 1. The average molecular weight is 506 g/mol. The van der Waals surface area contributed by atoms with Gasteiger partial charge in [-0.2, -0.15) is 0 Å². The summed E-state index contributed by atoms with van der Waals surface area (Å²) in [5, 5.41) is 6.89. The lowest BCUT2D eigenvalue weighted by Gasteiger charge is -2.21. The SMILES string of the molecule is CCNC(=NCCN1C(=O)CNC1=O)N(C)Cc1nc2c(s1)CCCC2.I. The molecule has 1 fully saturated rings. The third-order valence-corrected chi connectivity index (χ3v) is 5.62. The van der Waals surface area contributed by atoms with Gasteiger partial charge in [-0.05, 0) is 32.6 Å². The zero-order valence-corrected chi connectivity index (χ0v) is 18.9. The van der Waals surface area contributed by atoms with Crippen LogP contribution in [0.3, 0.4) is 0 Å². The van der Waals surface area contributed by atoms with Gasteiger partial charge in [0.05, 0.1) is 31.9 Å². The van der Waals surface area contributed by atoms with Crippen LogP contribution in [0, 0.1) is 0 Å². The summed E-state index contributed by atoms with van der Waals surface area (Å²) in [7, 11) is 1.98. The van der Waals surface area contributed by atoms with E-state index in [-0.39, 0.29) is 42.5 Å². The Morgan fingerprint density at radius 1 is 1.37 bits per heavy atom. The van der Waals surface area contributed by atoms with Crippen LogP contribution in [-0.4, -0.2) is 65.9 Å². The van der Waals surface area contributed by atoms with Gasteiger partial charge in [-0.25, -0.2) is 9.78 Å². The molecule has 0 aromatic carbocycles. The van der Waals surface area contributed by atoms with Crippen LogP contribution in [0.25, 0.3) is 0 Å². The summed E-state index contributed by atoms with van der Waals surface area (Å²) in [5.74, 6) is 0.560. The van der Waals surface area contributed by atoms with Crippen molar-refractivity contribution in [1.29, 1.82) is 0 Å². The molecule has 2 N–H and O–H groups in total. The number of urea groups is 1. The molecule has 1 aliphatic carbocycles. The van der Waals surface area contributed by atoms with Crippen LogP contribution in [0.2, 0.25) is 0 Å². The fourth-order valence-electron chi connectivity index (χ4n) is 3.16. The standard InChI is InChI=1S/C17H26N6O2S.HI/c1-3-18-16(19-8-9-23-15(24)10-20-17(23)25)22(2)11-14-21-12-6-4-5-7-13(12)26-14;/h3-11H2,1-2H3,(H,18,19)(H,20,25);1H. The van der Waals surface area contributed by atoms with Gasteiger partial charge >= 0.3 is 6.03 Å². The molecule has 1 saturated heterocycles. The molecule has 1 aliphatic heterocycles. The Morgan fingerprint density at radius 2 is 2.15 bits per heavy atom. The fourth-order valence-corrected chi connectivity index (χ4v) is 4.37. The highest BCUT2D eigenvalue weighted by atomic mass is 127. The van der Waals surface area contributed by atoms with Gasteiger partial charge < -0.3 is 15.5 Å². The number of nitrogens with one attached hydrogen (secondary N) is 2. The van der Waals surface area contributed by atoms with Crippen molar-refractivity contribution < 1.29 is 9.59 Å². The molecule has 0 spiro atoms. The molecule has 3 rings (SSSR count). The van der Waals surface area contributed by atoms with Crippen molar-refractivity contribution in [2.45, 2.75) is 39.2 Å². The number of guanidine groups is 1. The van der Waals surface area contributed by atoms with Gasteiger partial charge in [0.15, 0.2) is 5.96 Å². The Kier molecular flexibility index (Phi) is 8.27. The normalized spacial score (nSPS) is 16.7. The maximum Gasteiger partial charge on any atom is 0.324 e. The van der Waals surface area contributed by atoms with E-state index in [1.54, 1.807) is 11.3 Å². The number of imide groups is 1. The number of aromatic nitrogens is 1. The topological polar surface area (TPSA) is 89.9 Å². The minimum Gasteiger partial charge on any atom is -0.357 e. The van der Waals surface area contributed by atoms with Crippen molar-refractivity contribution in [3.05, 3.63) is 15.6 Å². The third-order valence-electron chi connectivity index (χ3n) is 4.48. The molecule has 8 nitrogen and oxygen atoms in total. The number of carbonyl (C=O) groups is 2. The largest absolute Gasteiger partial charge is 0.357 e. The van der Waals surface area contributed by atoms with Crippen molar-refractivity contribution >= 4 is 53.2 Å². The van der Waals surface area contributed by atoms with Crippen molar-refractivity contribution in [1.82, 2.24) is 25.4 Å². The van der Waals surface area contributed by atoms with E-state index in [2.05, 4.69) is 15.6 Å². The summed E-state index contributed by atoms with van der Waals surface area (Å²) in [6, 6.07) is -0.336. The van der Waals surface area contributed by atoms with E-state index in [0.29, 0.717) is 19.6 Å². The Morgan fingerprint density at radius 3 is 2.81 bits per heavy atom. The molecule has 1 aromatic heterocycles. The predicted octanol–water partition coefficient (Wildman–Crippen LogP) is 1.59. The van der Waals surface area contributed by atoms with E-state index in [4.69, 9.17) is 4.98 Å². The molecule has 0 unspecified atom stereocenters. The Hall–Kier alpha value is -1.43. The van der Waals surface area contributed by atoms with Gasteiger partial charge in [-0.15, -0.1) is 35.3 Å². The van der Waals surface area contributed by atoms with Crippen LogP contribution in [0.4, 0.5) is 4.79 Å². The zero-order chi connectivity index (χ0) is 18.5. The smallest absolute Gasteiger partial charge is 0.324 e. The second-order valence-electron chi connectivity index (χ2n) is 6.48. The number of aliphatic imine (C=N–C) groups is 1. The van der Waals surface area contributed by atoms with Gasteiger partial charge in [0, 0.05) is 18.5 Å². The second kappa shape index (κ2) is 10.2. The number of hydrogen-bond donors (Lipinski definition) is 2. The number of rotatable bonds is 6. The molecular weight excluding hydrogens is 479 g/mol. The minimum absolute atomic E-state index is 0. The number of halogens is 1. The maximum atomic E-state index is 11.6. The van der Waals surface area contributed by atoms with Crippen LogP contribution < -0.4 is 10.6 Å². The van der Waals surface area contributed by atoms with Crippen LogP contribution in [0.5, 0.6) is 0 Å². The number of aryl methyl sites for hydroxylation is 2. The first-order valence-electron chi connectivity index (χ1n) is 9.13. The van der Waals surface area contributed by atoms with Crippen molar-refractivity contribution in [2.75, 3.05) is 33.2 Å². The predicted molar refractivity (Wildman–Crippen MR) is 117 cm³/mol. The van der Waals surface area contributed by atoms with Crippen LogP contribution >= 0.6 is 35.3 Å². The molecule has 150 valence electrons. The molecule has 0 bridgehead atoms. The van der Waals surface area contributed by atoms with Crippen molar-refractivity contribution in [3.63, 3.8) is 0 Å². The van der Waals surface area contributed by atoms with Gasteiger partial charge in [-0.1, -0.05) is 0 Å². The lowest BCUT2D eigenvalue weighted by atomic mass is 10.0. The van der Waals surface area contributed by atoms with Crippen LogP contribution in [0.15, 0.2) is 4.99 Å². The zero-order valence-electron chi connectivity index (χ0n) is 15.8. The van der Waals surface area contributed by atoms with Gasteiger partial charge in [0.25, 0.3) is 0 Å². The molecule has 0 saturated carbocycles. The van der Waals surface area contributed by atoms with E-state index < -0.39 is 0 Å². The van der Waals surface area contributed by atoms with Crippen LogP contribution in [-0.2, 0) is 24.2 Å². The van der Waals surface area contributed by atoms with Crippen LogP contribution in [0.1, 0.15) is 35.3 Å². The van der Waals surface area contributed by atoms with E-state index in [1.807, 2.05) is 18.9 Å². The lowest BCUT2D eigenvalue weighted by Crippen LogP contribution is -2.39. The molecule has 2 heterocycles. The first-order valence-corrected chi connectivity index (χ1v) is 9.95. The Bertz CT molecular complexity index is 668. The summed E-state index contributed by atoms with van der Waals surface area (Å²) in [6.45, 7) is 4.21. The molecule has 1 aromatic rings. The number of nitrogens with zero attached hydrogens (tertiary/aromatic N) is 4. The highest BCUT2D eigenvalue weighted by Crippen LogP contribution is 2.27. The quantitative estimate of drug-likeness (QED) is 0.265. The first-order chi connectivity index (χ1) is 12.6. The molecule has 10 heteroatoms. The molecule has 3 amide bonds. The molecule has 27 heavy (non-hydrogen) atoms. The first kappa shape index (κ1) is 21.9. The number of amides is 3. The monoisotopic (exact) mass is 506 g/mol. The summed E-state index contributed by atoms with van der Waals surface area (Å²) in [6.07, 6.45) is 4.74. The van der Waals surface area contributed by atoms with E-state index in [1.165, 1.54) is 28.3 Å². The van der Waals surface area contributed by atoms with E-state index in [0.717, 1.165) is 30.4 Å². The average Bonchev–Trinajstić information content (AvgIpc) is 3.17. The maximum absolute atomic E-state index is 11.6. The molecule has 0 radical (unpaired) electrons. The highest BCUT2D eigenvalue weighted by Gasteiger charge is 2.27. The minimum atomic E-state index is -0.336. The summed E-state index contributed by atoms with van der Waals surface area (Å²) < 4.78 is 0. The van der Waals surface area contributed by atoms with E-state index in [9.17, 15) is 9.59 Å². The molecular formula is C17H27IN6O2S. The fraction of sp³-hybridized carbons (Fsp3) is 0.647. The summed E-state index contributed by atoms with van der Waals surface area (Å²) in [5.41, 5.74) is 1.27. The van der Waals surface area contributed by atoms with E-state index >= 15 is 0 Å². The van der Waals surface area contributed by atoms with Gasteiger partial charge in [-0.3, -0.25) is 14.7 Å².